The molecule has 130 valence electrons. The van der Waals surface area contributed by atoms with Crippen molar-refractivity contribution in [1.29, 1.82) is 0 Å². The molecule has 2 atom stereocenters. The molecule has 2 aliphatic carbocycles. The maximum Gasteiger partial charge on any atom is 0.303 e. The minimum atomic E-state index is -0.656. The topological polar surface area (TPSA) is 37.3 Å². The molecule has 0 aromatic carbocycles. The smallest absolute Gasteiger partial charge is 0.303 e. The summed E-state index contributed by atoms with van der Waals surface area (Å²) < 4.78 is 0. The van der Waals surface area contributed by atoms with E-state index in [0.29, 0.717) is 6.42 Å². The molecule has 0 amide bonds. The molecule has 2 aliphatic rings. The van der Waals surface area contributed by atoms with Crippen LogP contribution < -0.4 is 0 Å². The summed E-state index contributed by atoms with van der Waals surface area (Å²) in [6.07, 6.45) is 21.2. The minimum absolute atomic E-state index is 0.314. The Labute approximate surface area is 142 Å². The molecule has 0 aromatic heterocycles. The van der Waals surface area contributed by atoms with E-state index in [2.05, 4.69) is 25.2 Å². The molecule has 0 aromatic rings. The van der Waals surface area contributed by atoms with Gasteiger partial charge in [-0.25, -0.2) is 0 Å². The number of rotatable bonds is 8. The van der Waals surface area contributed by atoms with Crippen molar-refractivity contribution < 1.29 is 9.90 Å². The van der Waals surface area contributed by atoms with Crippen LogP contribution in [0.4, 0.5) is 0 Å². The zero-order chi connectivity index (χ0) is 16.5. The molecule has 2 saturated carbocycles. The molecule has 23 heavy (non-hydrogen) atoms. The van der Waals surface area contributed by atoms with E-state index < -0.39 is 5.97 Å². The van der Waals surface area contributed by atoms with Crippen molar-refractivity contribution in [3.63, 3.8) is 0 Å². The highest BCUT2D eigenvalue weighted by atomic mass is 16.4. The molecule has 0 heterocycles. The van der Waals surface area contributed by atoms with E-state index in [9.17, 15) is 4.79 Å². The predicted octanol–water partition coefficient (Wildman–Crippen LogP) is 6.13. The van der Waals surface area contributed by atoms with Gasteiger partial charge >= 0.3 is 5.97 Å². The summed E-state index contributed by atoms with van der Waals surface area (Å²) in [5, 5.41) is 8.91. The van der Waals surface area contributed by atoms with Crippen LogP contribution in [-0.4, -0.2) is 11.1 Å². The predicted molar refractivity (Wildman–Crippen MR) is 96.4 cm³/mol. The molecule has 2 fully saturated rings. The average molecular weight is 319 g/mol. The van der Waals surface area contributed by atoms with Gasteiger partial charge in [-0.2, -0.15) is 0 Å². The Hall–Kier alpha value is -1.05. The van der Waals surface area contributed by atoms with Gasteiger partial charge < -0.3 is 5.11 Å². The first-order chi connectivity index (χ1) is 11.2. The van der Waals surface area contributed by atoms with Crippen molar-refractivity contribution in [2.75, 3.05) is 0 Å². The van der Waals surface area contributed by atoms with Crippen molar-refractivity contribution in [3.05, 3.63) is 23.8 Å². The number of carboxylic acid groups (broad SMARTS) is 1. The van der Waals surface area contributed by atoms with Crippen molar-refractivity contribution in [3.8, 4) is 0 Å². The first-order valence-electron chi connectivity index (χ1n) is 9.74. The molecule has 1 N–H and O–H groups in total. The van der Waals surface area contributed by atoms with Crippen molar-refractivity contribution in [2.24, 2.45) is 17.8 Å². The molecule has 0 radical (unpaired) electrons. The van der Waals surface area contributed by atoms with Gasteiger partial charge in [0.1, 0.15) is 0 Å². The van der Waals surface area contributed by atoms with E-state index in [4.69, 9.17) is 5.11 Å². The van der Waals surface area contributed by atoms with Gasteiger partial charge in [0.15, 0.2) is 0 Å². The lowest BCUT2D eigenvalue weighted by molar-refractivity contribution is -0.137. The molecular weight excluding hydrogens is 284 g/mol. The van der Waals surface area contributed by atoms with Crippen molar-refractivity contribution >= 4 is 5.97 Å². The quantitative estimate of drug-likeness (QED) is 0.546. The van der Waals surface area contributed by atoms with Gasteiger partial charge in [-0.1, -0.05) is 49.5 Å². The number of carboxylic acids is 1. The Balaban J connectivity index is 1.94. The van der Waals surface area contributed by atoms with Gasteiger partial charge in [0.05, 0.1) is 0 Å². The molecule has 0 unspecified atom stereocenters. The van der Waals surface area contributed by atoms with Gasteiger partial charge in [0.2, 0.25) is 0 Å². The maximum absolute atomic E-state index is 10.8. The average Bonchev–Trinajstić information content (AvgIpc) is 2.99. The highest BCUT2D eigenvalue weighted by Crippen LogP contribution is 2.38. The Morgan fingerprint density at radius 1 is 1.04 bits per heavy atom. The van der Waals surface area contributed by atoms with Crippen LogP contribution in [-0.2, 0) is 4.79 Å². The summed E-state index contributed by atoms with van der Waals surface area (Å²) >= 11 is 0. The van der Waals surface area contributed by atoms with E-state index in [1.807, 2.05) is 0 Å². The first-order valence-corrected chi connectivity index (χ1v) is 9.74. The molecule has 0 aliphatic heterocycles. The van der Waals surface area contributed by atoms with E-state index in [1.165, 1.54) is 57.8 Å². The number of allylic oxidation sites excluding steroid dienone is 4. The lowest BCUT2D eigenvalue weighted by Crippen LogP contribution is -2.11. The van der Waals surface area contributed by atoms with E-state index in [1.54, 1.807) is 5.57 Å². The van der Waals surface area contributed by atoms with Crippen LogP contribution in [0, 0.1) is 17.8 Å². The fraction of sp³-hybridized carbons (Fsp3) is 0.762. The standard InChI is InChI=1S/C21H34O2/c1-2-8-17-11-6-12-19(17)15-16-20(13-7-14-21(22)23)18-9-4-3-5-10-18/h2,8,16-19H,3-7,9-15H2,1H3,(H,22,23)/t17-,19+/m0/s1. The lowest BCUT2D eigenvalue weighted by Gasteiger charge is -2.25. The van der Waals surface area contributed by atoms with Crippen LogP contribution in [0.1, 0.15) is 84.0 Å². The zero-order valence-electron chi connectivity index (χ0n) is 14.8. The molecule has 0 spiro atoms. The summed E-state index contributed by atoms with van der Waals surface area (Å²) in [6.45, 7) is 2.13. The summed E-state index contributed by atoms with van der Waals surface area (Å²) in [7, 11) is 0. The fourth-order valence-electron chi connectivity index (χ4n) is 4.55. The molecular formula is C21H34O2. The maximum atomic E-state index is 10.8. The monoisotopic (exact) mass is 318 g/mol. The van der Waals surface area contributed by atoms with E-state index >= 15 is 0 Å². The van der Waals surface area contributed by atoms with Gasteiger partial charge in [0.25, 0.3) is 0 Å². The van der Waals surface area contributed by atoms with Crippen LogP contribution in [0.2, 0.25) is 0 Å². The van der Waals surface area contributed by atoms with Crippen molar-refractivity contribution in [2.45, 2.75) is 84.0 Å². The second-order valence-electron chi connectivity index (χ2n) is 7.48. The first kappa shape index (κ1) is 18.3. The van der Waals surface area contributed by atoms with Crippen LogP contribution in [0.15, 0.2) is 23.8 Å². The summed E-state index contributed by atoms with van der Waals surface area (Å²) in [5.41, 5.74) is 1.58. The molecule has 2 rings (SSSR count). The minimum Gasteiger partial charge on any atom is -0.481 e. The Morgan fingerprint density at radius 3 is 2.52 bits per heavy atom. The van der Waals surface area contributed by atoms with Gasteiger partial charge in [-0.3, -0.25) is 4.79 Å². The van der Waals surface area contributed by atoms with E-state index in [-0.39, 0.29) is 0 Å². The third-order valence-electron chi connectivity index (χ3n) is 5.83. The second kappa shape index (κ2) is 9.95. The fourth-order valence-corrected chi connectivity index (χ4v) is 4.55. The van der Waals surface area contributed by atoms with Gasteiger partial charge in [-0.15, -0.1) is 0 Å². The highest BCUT2D eigenvalue weighted by molar-refractivity contribution is 5.66. The molecule has 0 bridgehead atoms. The number of hydrogen-bond donors (Lipinski definition) is 1. The molecule has 2 heteroatoms. The molecule has 2 nitrogen and oxygen atoms in total. The Bertz CT molecular complexity index is 416. The van der Waals surface area contributed by atoms with Crippen LogP contribution in [0.3, 0.4) is 0 Å². The number of carbonyl (C=O) groups is 1. The second-order valence-corrected chi connectivity index (χ2v) is 7.48. The lowest BCUT2D eigenvalue weighted by atomic mass is 9.80. The number of aliphatic carboxylic acids is 1. The van der Waals surface area contributed by atoms with Crippen LogP contribution in [0.5, 0.6) is 0 Å². The Morgan fingerprint density at radius 2 is 1.83 bits per heavy atom. The SMILES string of the molecule is CC=C[C@H]1CCC[C@@H]1CC=C(CCCC(=O)O)C1CCCCC1. The number of hydrogen-bond acceptors (Lipinski definition) is 1. The molecule has 0 saturated heterocycles. The third kappa shape index (κ3) is 6.16. The van der Waals surface area contributed by atoms with Gasteiger partial charge in [-0.05, 0) is 69.6 Å². The van der Waals surface area contributed by atoms with Gasteiger partial charge in [0, 0.05) is 6.42 Å². The summed E-state index contributed by atoms with van der Waals surface area (Å²) in [5.74, 6) is 1.66. The summed E-state index contributed by atoms with van der Waals surface area (Å²) in [6, 6.07) is 0. The highest BCUT2D eigenvalue weighted by Gasteiger charge is 2.25. The Kier molecular flexibility index (Phi) is 7.91. The van der Waals surface area contributed by atoms with E-state index in [0.717, 1.165) is 30.6 Å². The zero-order valence-corrected chi connectivity index (χ0v) is 14.8. The largest absolute Gasteiger partial charge is 0.481 e. The normalized spacial score (nSPS) is 26.9. The van der Waals surface area contributed by atoms with Crippen molar-refractivity contribution in [1.82, 2.24) is 0 Å². The summed E-state index contributed by atoms with van der Waals surface area (Å²) in [4.78, 5) is 10.8. The van der Waals surface area contributed by atoms with Crippen LogP contribution in [0.25, 0.3) is 0 Å². The third-order valence-corrected chi connectivity index (χ3v) is 5.83. The van der Waals surface area contributed by atoms with Crippen LogP contribution >= 0.6 is 0 Å².